The summed E-state index contributed by atoms with van der Waals surface area (Å²) in [4.78, 5) is 12.1. The third-order valence-electron chi connectivity index (χ3n) is 3.16. The van der Waals surface area contributed by atoms with Crippen molar-refractivity contribution in [3.63, 3.8) is 0 Å². The molecule has 0 spiro atoms. The minimum absolute atomic E-state index is 0.175. The number of phenols is 1. The number of carbonyl (C=O) groups excluding carboxylic acids is 1. The van der Waals surface area contributed by atoms with Crippen LogP contribution >= 0.6 is 0 Å². The molecule has 1 amide bonds. The van der Waals surface area contributed by atoms with Gasteiger partial charge in [0.15, 0.2) is 11.5 Å². The lowest BCUT2D eigenvalue weighted by molar-refractivity contribution is 0.0954. The molecule has 6 nitrogen and oxygen atoms in total. The van der Waals surface area contributed by atoms with Crippen LogP contribution in [0.15, 0.2) is 47.6 Å². The summed E-state index contributed by atoms with van der Waals surface area (Å²) in [6.45, 7) is 2.60. The van der Waals surface area contributed by atoms with E-state index in [1.165, 1.54) is 13.3 Å². The monoisotopic (exact) mass is 328 g/mol. The van der Waals surface area contributed by atoms with E-state index < -0.39 is 0 Å². The lowest BCUT2D eigenvalue weighted by Crippen LogP contribution is -2.17. The van der Waals surface area contributed by atoms with Gasteiger partial charge in [-0.05, 0) is 54.4 Å². The molecule has 6 heteroatoms. The second kappa shape index (κ2) is 8.57. The molecule has 0 atom stereocenters. The Balaban J connectivity index is 2.02. The molecule has 126 valence electrons. The smallest absolute Gasteiger partial charge is 0.271 e. The fraction of sp³-hybridized carbons (Fsp3) is 0.222. The van der Waals surface area contributed by atoms with Crippen molar-refractivity contribution >= 4 is 12.1 Å². The van der Waals surface area contributed by atoms with E-state index in [0.29, 0.717) is 23.7 Å². The van der Waals surface area contributed by atoms with Gasteiger partial charge in [0.1, 0.15) is 5.75 Å². The Morgan fingerprint density at radius 3 is 2.62 bits per heavy atom. The predicted octanol–water partition coefficient (Wildman–Crippen LogP) is 2.95. The number of amides is 1. The number of benzene rings is 2. The van der Waals surface area contributed by atoms with E-state index in [-0.39, 0.29) is 11.7 Å². The maximum atomic E-state index is 12.1. The van der Waals surface area contributed by atoms with Gasteiger partial charge in [-0.15, -0.1) is 0 Å². The number of rotatable bonds is 7. The van der Waals surface area contributed by atoms with E-state index in [1.54, 1.807) is 42.5 Å². The molecular weight excluding hydrogens is 308 g/mol. The molecule has 0 bridgehead atoms. The van der Waals surface area contributed by atoms with Crippen LogP contribution < -0.4 is 14.9 Å². The number of hydrogen-bond donors (Lipinski definition) is 2. The number of nitrogens with zero attached hydrogens (tertiary/aromatic N) is 1. The zero-order valence-electron chi connectivity index (χ0n) is 13.7. The highest BCUT2D eigenvalue weighted by molar-refractivity contribution is 5.95. The third-order valence-corrected chi connectivity index (χ3v) is 3.16. The first-order valence-electron chi connectivity index (χ1n) is 7.57. The number of aromatic hydroxyl groups is 1. The molecule has 0 aliphatic rings. The van der Waals surface area contributed by atoms with Gasteiger partial charge in [0, 0.05) is 5.56 Å². The largest absolute Gasteiger partial charge is 0.508 e. The molecule has 0 fully saturated rings. The minimum atomic E-state index is -0.356. The van der Waals surface area contributed by atoms with Crippen LogP contribution in [0.2, 0.25) is 0 Å². The second-order valence-corrected chi connectivity index (χ2v) is 5.00. The van der Waals surface area contributed by atoms with Crippen molar-refractivity contribution in [2.75, 3.05) is 13.7 Å². The summed E-state index contributed by atoms with van der Waals surface area (Å²) in [5, 5.41) is 13.1. The van der Waals surface area contributed by atoms with Crippen molar-refractivity contribution in [3.05, 3.63) is 53.6 Å². The summed E-state index contributed by atoms with van der Waals surface area (Å²) in [7, 11) is 1.53. The molecule has 0 heterocycles. The van der Waals surface area contributed by atoms with Gasteiger partial charge in [-0.3, -0.25) is 4.79 Å². The quantitative estimate of drug-likeness (QED) is 0.605. The minimum Gasteiger partial charge on any atom is -0.508 e. The van der Waals surface area contributed by atoms with Crippen molar-refractivity contribution in [3.8, 4) is 17.2 Å². The van der Waals surface area contributed by atoms with E-state index in [2.05, 4.69) is 10.5 Å². The zero-order chi connectivity index (χ0) is 17.4. The average Bonchev–Trinajstić information content (AvgIpc) is 2.61. The standard InChI is InChI=1S/C18H20N2O4/c1-3-10-24-16-9-6-14(11-17(16)23-2)18(22)20-19-12-13-4-7-15(21)8-5-13/h4-9,11-12,21H,3,10H2,1-2H3,(H,20,22)/b19-12+. The van der Waals surface area contributed by atoms with Crippen LogP contribution in [0.1, 0.15) is 29.3 Å². The molecule has 0 radical (unpaired) electrons. The second-order valence-electron chi connectivity index (χ2n) is 5.00. The summed E-state index contributed by atoms with van der Waals surface area (Å²) in [6.07, 6.45) is 2.38. The van der Waals surface area contributed by atoms with Crippen molar-refractivity contribution < 1.29 is 19.4 Å². The summed E-state index contributed by atoms with van der Waals surface area (Å²) in [5.41, 5.74) is 3.62. The Kier molecular flexibility index (Phi) is 6.19. The van der Waals surface area contributed by atoms with Crippen LogP contribution in [0.5, 0.6) is 17.2 Å². The summed E-state index contributed by atoms with van der Waals surface area (Å²) in [6, 6.07) is 11.4. The molecule has 2 aromatic rings. The number of nitrogens with one attached hydrogen (secondary N) is 1. The zero-order valence-corrected chi connectivity index (χ0v) is 13.7. The third kappa shape index (κ3) is 4.74. The van der Waals surface area contributed by atoms with E-state index in [0.717, 1.165) is 12.0 Å². The first-order chi connectivity index (χ1) is 11.6. The summed E-state index contributed by atoms with van der Waals surface area (Å²) >= 11 is 0. The molecule has 2 aromatic carbocycles. The van der Waals surface area contributed by atoms with Gasteiger partial charge in [-0.2, -0.15) is 5.10 Å². The molecule has 0 saturated carbocycles. The van der Waals surface area contributed by atoms with Gasteiger partial charge < -0.3 is 14.6 Å². The van der Waals surface area contributed by atoms with Crippen molar-refractivity contribution in [2.24, 2.45) is 5.10 Å². The van der Waals surface area contributed by atoms with Gasteiger partial charge in [0.25, 0.3) is 5.91 Å². The van der Waals surface area contributed by atoms with Gasteiger partial charge in [0.2, 0.25) is 0 Å². The Labute approximate surface area is 140 Å². The number of hydrazone groups is 1. The van der Waals surface area contributed by atoms with Crippen LogP contribution in [0.3, 0.4) is 0 Å². The van der Waals surface area contributed by atoms with E-state index >= 15 is 0 Å². The van der Waals surface area contributed by atoms with Crippen LogP contribution in [-0.2, 0) is 0 Å². The molecule has 24 heavy (non-hydrogen) atoms. The fourth-order valence-corrected chi connectivity index (χ4v) is 1.93. The maximum Gasteiger partial charge on any atom is 0.271 e. The van der Waals surface area contributed by atoms with Crippen molar-refractivity contribution in [1.82, 2.24) is 5.43 Å². The lowest BCUT2D eigenvalue weighted by Gasteiger charge is -2.11. The highest BCUT2D eigenvalue weighted by Crippen LogP contribution is 2.28. The van der Waals surface area contributed by atoms with Crippen LogP contribution in [0, 0.1) is 0 Å². The van der Waals surface area contributed by atoms with E-state index in [4.69, 9.17) is 9.47 Å². The number of phenolic OH excluding ortho intramolecular Hbond substituents is 1. The van der Waals surface area contributed by atoms with Crippen LogP contribution in [-0.4, -0.2) is 30.9 Å². The van der Waals surface area contributed by atoms with Crippen molar-refractivity contribution in [2.45, 2.75) is 13.3 Å². The normalized spacial score (nSPS) is 10.6. The Morgan fingerprint density at radius 2 is 1.96 bits per heavy atom. The van der Waals surface area contributed by atoms with Crippen LogP contribution in [0.4, 0.5) is 0 Å². The average molecular weight is 328 g/mol. The molecule has 0 saturated heterocycles. The maximum absolute atomic E-state index is 12.1. The lowest BCUT2D eigenvalue weighted by atomic mass is 10.2. The summed E-state index contributed by atoms with van der Waals surface area (Å²) in [5.74, 6) is 0.918. The molecular formula is C18H20N2O4. The molecule has 0 aliphatic heterocycles. The molecule has 0 unspecified atom stereocenters. The van der Waals surface area contributed by atoms with Gasteiger partial charge in [-0.1, -0.05) is 6.92 Å². The molecule has 0 aromatic heterocycles. The van der Waals surface area contributed by atoms with Crippen LogP contribution in [0.25, 0.3) is 0 Å². The number of hydrogen-bond acceptors (Lipinski definition) is 5. The van der Waals surface area contributed by atoms with Gasteiger partial charge in [0.05, 0.1) is 19.9 Å². The topological polar surface area (TPSA) is 80.2 Å². The first kappa shape index (κ1) is 17.3. The van der Waals surface area contributed by atoms with Gasteiger partial charge >= 0.3 is 0 Å². The molecule has 2 rings (SSSR count). The molecule has 0 aliphatic carbocycles. The number of carbonyl (C=O) groups is 1. The highest BCUT2D eigenvalue weighted by atomic mass is 16.5. The van der Waals surface area contributed by atoms with Crippen molar-refractivity contribution in [1.29, 1.82) is 0 Å². The molecule has 2 N–H and O–H groups in total. The Bertz CT molecular complexity index is 711. The summed E-state index contributed by atoms with van der Waals surface area (Å²) < 4.78 is 10.8. The van der Waals surface area contributed by atoms with E-state index in [1.807, 2.05) is 6.92 Å². The SMILES string of the molecule is CCCOc1ccc(C(=O)N/N=C/c2ccc(O)cc2)cc1OC. The Hall–Kier alpha value is -3.02. The Morgan fingerprint density at radius 1 is 1.21 bits per heavy atom. The first-order valence-corrected chi connectivity index (χ1v) is 7.57. The van der Waals surface area contributed by atoms with Gasteiger partial charge in [-0.25, -0.2) is 5.43 Å². The highest BCUT2D eigenvalue weighted by Gasteiger charge is 2.10. The van der Waals surface area contributed by atoms with E-state index in [9.17, 15) is 9.90 Å². The fourth-order valence-electron chi connectivity index (χ4n) is 1.93. The predicted molar refractivity (Wildman–Crippen MR) is 91.9 cm³/mol. The number of methoxy groups -OCH3 is 1. The number of ether oxygens (including phenoxy) is 2.